The SMILES string of the molecule is Nc1cc(Cl)c(F)cc1OCC1CCCCC1. The Hall–Kier alpha value is -0.960. The Morgan fingerprint density at radius 3 is 2.71 bits per heavy atom. The van der Waals surface area contributed by atoms with E-state index in [2.05, 4.69) is 0 Å². The molecule has 0 heterocycles. The van der Waals surface area contributed by atoms with E-state index >= 15 is 0 Å². The second kappa shape index (κ2) is 5.58. The molecule has 0 radical (unpaired) electrons. The van der Waals surface area contributed by atoms with Crippen molar-refractivity contribution in [2.24, 2.45) is 5.92 Å². The Labute approximate surface area is 106 Å². The molecular weight excluding hydrogens is 241 g/mol. The molecule has 0 unspecified atom stereocenters. The average molecular weight is 258 g/mol. The van der Waals surface area contributed by atoms with Gasteiger partial charge in [-0.2, -0.15) is 0 Å². The minimum atomic E-state index is -0.487. The van der Waals surface area contributed by atoms with Gasteiger partial charge in [-0.15, -0.1) is 0 Å². The number of halogens is 2. The van der Waals surface area contributed by atoms with Crippen molar-refractivity contribution >= 4 is 17.3 Å². The predicted molar refractivity (Wildman–Crippen MR) is 67.9 cm³/mol. The molecular formula is C13H17ClFNO. The molecule has 0 saturated heterocycles. The first-order valence-electron chi connectivity index (χ1n) is 6.04. The molecule has 0 amide bonds. The molecule has 17 heavy (non-hydrogen) atoms. The highest BCUT2D eigenvalue weighted by molar-refractivity contribution is 6.31. The molecule has 0 atom stereocenters. The molecule has 2 N–H and O–H groups in total. The van der Waals surface area contributed by atoms with Gasteiger partial charge in [0.25, 0.3) is 0 Å². The number of ether oxygens (including phenoxy) is 1. The summed E-state index contributed by atoms with van der Waals surface area (Å²) in [7, 11) is 0. The van der Waals surface area contributed by atoms with E-state index in [1.807, 2.05) is 0 Å². The molecule has 1 aromatic carbocycles. The minimum Gasteiger partial charge on any atom is -0.491 e. The van der Waals surface area contributed by atoms with Crippen molar-refractivity contribution in [3.05, 3.63) is 23.0 Å². The normalized spacial score (nSPS) is 17.1. The van der Waals surface area contributed by atoms with Gasteiger partial charge in [-0.25, -0.2) is 4.39 Å². The highest BCUT2D eigenvalue weighted by Gasteiger charge is 2.15. The molecule has 1 fully saturated rings. The Balaban J connectivity index is 1.96. The largest absolute Gasteiger partial charge is 0.491 e. The van der Waals surface area contributed by atoms with E-state index in [0.29, 0.717) is 24.0 Å². The number of rotatable bonds is 3. The van der Waals surface area contributed by atoms with Gasteiger partial charge in [-0.05, 0) is 24.8 Å². The molecule has 1 aliphatic rings. The zero-order chi connectivity index (χ0) is 12.3. The Kier molecular flexibility index (Phi) is 4.11. The summed E-state index contributed by atoms with van der Waals surface area (Å²) in [4.78, 5) is 0. The topological polar surface area (TPSA) is 35.2 Å². The summed E-state index contributed by atoms with van der Waals surface area (Å²) in [5.74, 6) is 0.485. The van der Waals surface area contributed by atoms with Crippen LogP contribution in [0.4, 0.5) is 10.1 Å². The van der Waals surface area contributed by atoms with Gasteiger partial charge >= 0.3 is 0 Å². The number of hydrogen-bond donors (Lipinski definition) is 1. The number of nitrogens with two attached hydrogens (primary N) is 1. The van der Waals surface area contributed by atoms with Gasteiger partial charge in [0.2, 0.25) is 0 Å². The van der Waals surface area contributed by atoms with Gasteiger partial charge in [-0.1, -0.05) is 30.9 Å². The molecule has 1 aliphatic carbocycles. The van der Waals surface area contributed by atoms with Gasteiger partial charge in [-0.3, -0.25) is 0 Å². The maximum Gasteiger partial charge on any atom is 0.145 e. The van der Waals surface area contributed by atoms with Crippen LogP contribution < -0.4 is 10.5 Å². The van der Waals surface area contributed by atoms with Crippen LogP contribution in [0.1, 0.15) is 32.1 Å². The third kappa shape index (κ3) is 3.25. The third-order valence-corrected chi connectivity index (χ3v) is 3.54. The Bertz CT molecular complexity index is 391. The molecule has 1 aromatic rings. The van der Waals surface area contributed by atoms with Crippen molar-refractivity contribution in [1.29, 1.82) is 0 Å². The molecule has 0 spiro atoms. The second-order valence-electron chi connectivity index (χ2n) is 4.62. The van der Waals surface area contributed by atoms with E-state index in [-0.39, 0.29) is 5.02 Å². The summed E-state index contributed by atoms with van der Waals surface area (Å²) in [5, 5.41) is 0.0347. The maximum absolute atomic E-state index is 13.3. The molecule has 94 valence electrons. The fourth-order valence-electron chi connectivity index (χ4n) is 2.23. The summed E-state index contributed by atoms with van der Waals surface area (Å²) < 4.78 is 18.8. The number of anilines is 1. The number of nitrogen functional groups attached to an aromatic ring is 1. The fourth-order valence-corrected chi connectivity index (χ4v) is 2.40. The molecule has 1 saturated carbocycles. The zero-order valence-corrected chi connectivity index (χ0v) is 10.5. The lowest BCUT2D eigenvalue weighted by atomic mass is 9.90. The molecule has 0 bridgehead atoms. The second-order valence-corrected chi connectivity index (χ2v) is 5.03. The van der Waals surface area contributed by atoms with Crippen molar-refractivity contribution in [3.8, 4) is 5.75 Å². The average Bonchev–Trinajstić information content (AvgIpc) is 2.33. The minimum absolute atomic E-state index is 0.0347. The van der Waals surface area contributed by atoms with Crippen molar-refractivity contribution in [3.63, 3.8) is 0 Å². The lowest BCUT2D eigenvalue weighted by Crippen LogP contribution is -2.15. The standard InChI is InChI=1S/C13H17ClFNO/c14-10-6-12(16)13(7-11(10)15)17-8-9-4-2-1-3-5-9/h6-7,9H,1-5,8,16H2. The molecule has 2 rings (SSSR count). The monoisotopic (exact) mass is 257 g/mol. The van der Waals surface area contributed by atoms with Crippen LogP contribution in [0.25, 0.3) is 0 Å². The molecule has 4 heteroatoms. The lowest BCUT2D eigenvalue weighted by molar-refractivity contribution is 0.209. The van der Waals surface area contributed by atoms with Crippen molar-refractivity contribution in [2.75, 3.05) is 12.3 Å². The van der Waals surface area contributed by atoms with Gasteiger partial charge < -0.3 is 10.5 Å². The summed E-state index contributed by atoms with van der Waals surface area (Å²) in [6, 6.07) is 2.66. The van der Waals surface area contributed by atoms with Crippen LogP contribution >= 0.6 is 11.6 Å². The summed E-state index contributed by atoms with van der Waals surface area (Å²) >= 11 is 5.62. The van der Waals surface area contributed by atoms with E-state index in [0.717, 1.165) is 0 Å². The van der Waals surface area contributed by atoms with Crippen LogP contribution in [0.3, 0.4) is 0 Å². The van der Waals surface area contributed by atoms with Crippen molar-refractivity contribution < 1.29 is 9.13 Å². The predicted octanol–water partition coefficient (Wildman–Crippen LogP) is 4.02. The quantitative estimate of drug-likeness (QED) is 0.830. The van der Waals surface area contributed by atoms with Crippen LogP contribution in [0, 0.1) is 11.7 Å². The highest BCUT2D eigenvalue weighted by Crippen LogP contribution is 2.30. The first-order valence-corrected chi connectivity index (χ1v) is 6.42. The van der Waals surface area contributed by atoms with E-state index < -0.39 is 5.82 Å². The van der Waals surface area contributed by atoms with Crippen molar-refractivity contribution in [1.82, 2.24) is 0 Å². The first-order chi connectivity index (χ1) is 8.16. The van der Waals surface area contributed by atoms with Gasteiger partial charge in [0.1, 0.15) is 11.6 Å². The van der Waals surface area contributed by atoms with Gasteiger partial charge in [0.05, 0.1) is 17.3 Å². The van der Waals surface area contributed by atoms with Crippen LogP contribution in [0.2, 0.25) is 5.02 Å². The van der Waals surface area contributed by atoms with Crippen LogP contribution in [0.5, 0.6) is 5.75 Å². The third-order valence-electron chi connectivity index (χ3n) is 3.25. The fraction of sp³-hybridized carbons (Fsp3) is 0.538. The van der Waals surface area contributed by atoms with Crippen LogP contribution in [-0.4, -0.2) is 6.61 Å². The summed E-state index contributed by atoms with van der Waals surface area (Å²) in [6.45, 7) is 0.616. The van der Waals surface area contributed by atoms with Crippen LogP contribution in [-0.2, 0) is 0 Å². The lowest BCUT2D eigenvalue weighted by Gasteiger charge is -2.22. The van der Waals surface area contributed by atoms with Crippen LogP contribution in [0.15, 0.2) is 12.1 Å². The number of hydrogen-bond acceptors (Lipinski definition) is 2. The summed E-state index contributed by atoms with van der Waals surface area (Å²) in [5.41, 5.74) is 6.13. The van der Waals surface area contributed by atoms with E-state index in [1.54, 1.807) is 0 Å². The van der Waals surface area contributed by atoms with E-state index in [1.165, 1.54) is 44.2 Å². The molecule has 0 aliphatic heterocycles. The van der Waals surface area contributed by atoms with E-state index in [4.69, 9.17) is 22.1 Å². The first kappa shape index (κ1) is 12.5. The summed E-state index contributed by atoms with van der Waals surface area (Å²) in [6.07, 6.45) is 6.22. The van der Waals surface area contributed by atoms with E-state index in [9.17, 15) is 4.39 Å². The van der Waals surface area contributed by atoms with Gasteiger partial charge in [0, 0.05) is 6.07 Å². The zero-order valence-electron chi connectivity index (χ0n) is 9.72. The number of benzene rings is 1. The smallest absolute Gasteiger partial charge is 0.145 e. The maximum atomic E-state index is 13.3. The Morgan fingerprint density at radius 2 is 2.00 bits per heavy atom. The van der Waals surface area contributed by atoms with Gasteiger partial charge in [0.15, 0.2) is 0 Å². The highest BCUT2D eigenvalue weighted by atomic mass is 35.5. The molecule has 2 nitrogen and oxygen atoms in total. The Morgan fingerprint density at radius 1 is 1.29 bits per heavy atom. The van der Waals surface area contributed by atoms with Crippen molar-refractivity contribution in [2.45, 2.75) is 32.1 Å². The molecule has 0 aromatic heterocycles.